The van der Waals surface area contributed by atoms with Gasteiger partial charge in [-0.15, -0.1) is 0 Å². The van der Waals surface area contributed by atoms with E-state index in [0.717, 1.165) is 50.3 Å². The lowest BCUT2D eigenvalue weighted by molar-refractivity contribution is -0.137. The summed E-state index contributed by atoms with van der Waals surface area (Å²) in [5.74, 6) is 0.730. The SMILES string of the molecule is CCCCn1ccnc1C(OCCCN(C)C)c1ccc(C(F)(F)F)cc1. The molecule has 0 spiro atoms. The highest BCUT2D eigenvalue weighted by Gasteiger charge is 2.30. The van der Waals surface area contributed by atoms with E-state index in [4.69, 9.17) is 4.74 Å². The van der Waals surface area contributed by atoms with Crippen molar-refractivity contribution in [1.82, 2.24) is 14.5 Å². The smallest absolute Gasteiger partial charge is 0.365 e. The molecular formula is C20H28F3N3O. The third-order valence-electron chi connectivity index (χ3n) is 4.31. The van der Waals surface area contributed by atoms with E-state index in [2.05, 4.69) is 16.8 Å². The number of nitrogens with zero attached hydrogens (tertiary/aromatic N) is 3. The topological polar surface area (TPSA) is 30.3 Å². The molecule has 2 aromatic rings. The monoisotopic (exact) mass is 383 g/mol. The summed E-state index contributed by atoms with van der Waals surface area (Å²) in [5.41, 5.74) is 0.0173. The van der Waals surface area contributed by atoms with Gasteiger partial charge in [-0.05, 0) is 51.2 Å². The molecule has 2 rings (SSSR count). The van der Waals surface area contributed by atoms with Crippen LogP contribution in [0.5, 0.6) is 0 Å². The Morgan fingerprint density at radius 2 is 1.85 bits per heavy atom. The van der Waals surface area contributed by atoms with Crippen molar-refractivity contribution in [2.45, 2.75) is 45.0 Å². The van der Waals surface area contributed by atoms with Gasteiger partial charge in [0.05, 0.1) is 5.56 Å². The van der Waals surface area contributed by atoms with Crippen LogP contribution in [0.25, 0.3) is 0 Å². The lowest BCUT2D eigenvalue weighted by Gasteiger charge is -2.21. The zero-order valence-electron chi connectivity index (χ0n) is 16.2. The Morgan fingerprint density at radius 3 is 2.44 bits per heavy atom. The first-order chi connectivity index (χ1) is 12.8. The van der Waals surface area contributed by atoms with E-state index in [-0.39, 0.29) is 0 Å². The van der Waals surface area contributed by atoms with Gasteiger partial charge in [0.25, 0.3) is 0 Å². The van der Waals surface area contributed by atoms with Gasteiger partial charge < -0.3 is 14.2 Å². The summed E-state index contributed by atoms with van der Waals surface area (Å²) in [6.45, 7) is 4.31. The van der Waals surface area contributed by atoms with Gasteiger partial charge in [-0.1, -0.05) is 25.5 Å². The predicted molar refractivity (Wildman–Crippen MR) is 99.5 cm³/mol. The lowest BCUT2D eigenvalue weighted by Crippen LogP contribution is -2.18. The summed E-state index contributed by atoms with van der Waals surface area (Å²) in [5, 5.41) is 0. The van der Waals surface area contributed by atoms with Crippen molar-refractivity contribution in [2.75, 3.05) is 27.2 Å². The van der Waals surface area contributed by atoms with Gasteiger partial charge in [0.15, 0.2) is 0 Å². The van der Waals surface area contributed by atoms with E-state index < -0.39 is 17.8 Å². The first-order valence-corrected chi connectivity index (χ1v) is 9.27. The number of alkyl halides is 3. The molecule has 0 bridgehead atoms. The van der Waals surface area contributed by atoms with Crippen molar-refractivity contribution in [2.24, 2.45) is 0 Å². The molecule has 0 aliphatic rings. The quantitative estimate of drug-likeness (QED) is 0.554. The molecule has 1 aromatic carbocycles. The van der Waals surface area contributed by atoms with Gasteiger partial charge in [-0.2, -0.15) is 13.2 Å². The summed E-state index contributed by atoms with van der Waals surface area (Å²) in [6.07, 6.45) is 1.66. The molecular weight excluding hydrogens is 355 g/mol. The summed E-state index contributed by atoms with van der Waals surface area (Å²) in [7, 11) is 3.98. The second kappa shape index (κ2) is 9.90. The Balaban J connectivity index is 2.23. The summed E-state index contributed by atoms with van der Waals surface area (Å²) >= 11 is 0. The molecule has 0 N–H and O–H groups in total. The van der Waals surface area contributed by atoms with Crippen LogP contribution in [0.2, 0.25) is 0 Å². The van der Waals surface area contributed by atoms with Crippen molar-refractivity contribution >= 4 is 0 Å². The fourth-order valence-electron chi connectivity index (χ4n) is 2.83. The molecule has 4 nitrogen and oxygen atoms in total. The second-order valence-electron chi connectivity index (χ2n) is 6.86. The highest BCUT2D eigenvalue weighted by molar-refractivity contribution is 5.29. The van der Waals surface area contributed by atoms with Crippen LogP contribution in [0, 0.1) is 0 Å². The molecule has 1 atom stereocenters. The molecule has 0 amide bonds. The fraction of sp³-hybridized carbons (Fsp3) is 0.550. The molecule has 0 saturated carbocycles. The standard InChI is InChI=1S/C20H28F3N3O/c1-4-5-13-26-14-11-24-19(26)18(27-15-6-12-25(2)3)16-7-9-17(10-8-16)20(21,22)23/h7-11,14,18H,4-6,12-13,15H2,1-3H3. The van der Waals surface area contributed by atoms with E-state index in [9.17, 15) is 13.2 Å². The number of aryl methyl sites for hydroxylation is 1. The lowest BCUT2D eigenvalue weighted by atomic mass is 10.1. The van der Waals surface area contributed by atoms with Crippen LogP contribution in [0.4, 0.5) is 13.2 Å². The van der Waals surface area contributed by atoms with Gasteiger partial charge in [-0.3, -0.25) is 0 Å². The summed E-state index contributed by atoms with van der Waals surface area (Å²) in [4.78, 5) is 6.50. The maximum absolute atomic E-state index is 12.9. The summed E-state index contributed by atoms with van der Waals surface area (Å²) in [6, 6.07) is 5.17. The molecule has 0 aliphatic heterocycles. The van der Waals surface area contributed by atoms with Crippen LogP contribution in [0.1, 0.15) is 49.2 Å². The normalized spacial score (nSPS) is 13.3. The second-order valence-corrected chi connectivity index (χ2v) is 6.86. The van der Waals surface area contributed by atoms with Crippen molar-refractivity contribution in [3.8, 4) is 0 Å². The highest BCUT2D eigenvalue weighted by atomic mass is 19.4. The molecule has 0 fully saturated rings. The van der Waals surface area contributed by atoms with Crippen LogP contribution >= 0.6 is 0 Å². The van der Waals surface area contributed by atoms with Crippen LogP contribution in [0.15, 0.2) is 36.7 Å². The zero-order chi connectivity index (χ0) is 19.9. The Bertz CT molecular complexity index is 681. The van der Waals surface area contributed by atoms with Crippen molar-refractivity contribution in [3.05, 3.63) is 53.6 Å². The number of aromatic nitrogens is 2. The zero-order valence-corrected chi connectivity index (χ0v) is 16.2. The van der Waals surface area contributed by atoms with Crippen LogP contribution < -0.4 is 0 Å². The first kappa shape index (κ1) is 21.4. The summed E-state index contributed by atoms with van der Waals surface area (Å²) < 4.78 is 46.7. The predicted octanol–water partition coefficient (Wildman–Crippen LogP) is 4.76. The third kappa shape index (κ3) is 6.36. The maximum Gasteiger partial charge on any atom is 0.416 e. The third-order valence-corrected chi connectivity index (χ3v) is 4.31. The molecule has 1 heterocycles. The van der Waals surface area contributed by atoms with E-state index in [1.165, 1.54) is 12.1 Å². The highest BCUT2D eigenvalue weighted by Crippen LogP contribution is 2.32. The number of rotatable bonds is 10. The number of hydrogen-bond acceptors (Lipinski definition) is 3. The Morgan fingerprint density at radius 1 is 1.15 bits per heavy atom. The van der Waals surface area contributed by atoms with Crippen molar-refractivity contribution < 1.29 is 17.9 Å². The Hall–Kier alpha value is -1.86. The molecule has 0 aliphatic carbocycles. The number of ether oxygens (including phenoxy) is 1. The number of imidazole rings is 1. The van der Waals surface area contributed by atoms with E-state index in [1.54, 1.807) is 6.20 Å². The fourth-order valence-corrected chi connectivity index (χ4v) is 2.83. The van der Waals surface area contributed by atoms with Crippen molar-refractivity contribution in [3.63, 3.8) is 0 Å². The average molecular weight is 383 g/mol. The largest absolute Gasteiger partial charge is 0.416 e. The van der Waals surface area contributed by atoms with Crippen LogP contribution in [-0.2, 0) is 17.5 Å². The Kier molecular flexibility index (Phi) is 7.86. The molecule has 1 unspecified atom stereocenters. The van der Waals surface area contributed by atoms with Gasteiger partial charge in [-0.25, -0.2) is 4.98 Å². The number of hydrogen-bond donors (Lipinski definition) is 0. The molecule has 150 valence electrons. The molecule has 0 saturated heterocycles. The first-order valence-electron chi connectivity index (χ1n) is 9.27. The van der Waals surface area contributed by atoms with E-state index in [1.807, 2.05) is 24.9 Å². The van der Waals surface area contributed by atoms with Gasteiger partial charge in [0.1, 0.15) is 11.9 Å². The average Bonchev–Trinajstić information content (AvgIpc) is 3.07. The van der Waals surface area contributed by atoms with E-state index >= 15 is 0 Å². The van der Waals surface area contributed by atoms with Gasteiger partial charge in [0, 0.05) is 25.5 Å². The minimum Gasteiger partial charge on any atom is -0.365 e. The van der Waals surface area contributed by atoms with Crippen LogP contribution in [-0.4, -0.2) is 41.7 Å². The van der Waals surface area contributed by atoms with Gasteiger partial charge in [0.2, 0.25) is 0 Å². The van der Waals surface area contributed by atoms with Crippen molar-refractivity contribution in [1.29, 1.82) is 0 Å². The maximum atomic E-state index is 12.9. The minimum absolute atomic E-state index is 0.485. The van der Waals surface area contributed by atoms with Crippen LogP contribution in [0.3, 0.4) is 0 Å². The molecule has 0 radical (unpaired) electrons. The molecule has 1 aromatic heterocycles. The number of unbranched alkanes of at least 4 members (excludes halogenated alkanes) is 1. The Labute approximate surface area is 159 Å². The molecule has 7 heteroatoms. The number of halogens is 3. The molecule has 27 heavy (non-hydrogen) atoms. The van der Waals surface area contributed by atoms with Gasteiger partial charge >= 0.3 is 6.18 Å². The minimum atomic E-state index is -4.35. The number of benzene rings is 1. The van der Waals surface area contributed by atoms with E-state index in [0.29, 0.717) is 12.2 Å².